The number of unbranched alkanes of at least 4 members (excludes halogenated alkanes) is 1. The van der Waals surface area contributed by atoms with Crippen LogP contribution in [-0.2, 0) is 23.9 Å². The highest BCUT2D eigenvalue weighted by atomic mass is 35.5. The van der Waals surface area contributed by atoms with E-state index in [9.17, 15) is 29.4 Å². The summed E-state index contributed by atoms with van der Waals surface area (Å²) in [5, 5.41) is 29.0. The van der Waals surface area contributed by atoms with Crippen LogP contribution in [-0.4, -0.2) is 123 Å². The normalized spacial score (nSPS) is 17.2. The van der Waals surface area contributed by atoms with Crippen molar-refractivity contribution in [3.05, 3.63) is 101 Å². The lowest BCUT2D eigenvalue weighted by Crippen LogP contribution is -2.58. The van der Waals surface area contributed by atoms with Gasteiger partial charge in [-0.3, -0.25) is 19.2 Å². The molecule has 2 aliphatic heterocycles. The number of phenolic OH excluding ortho intramolecular Hbond substituents is 1. The number of aryl methyl sites for hydroxylation is 1. The molecule has 18 heteroatoms. The number of aromatic hydroxyl groups is 1. The summed E-state index contributed by atoms with van der Waals surface area (Å²) >= 11 is 8.35. The van der Waals surface area contributed by atoms with E-state index in [1.54, 1.807) is 28.4 Å². The smallest absolute Gasteiger partial charge is 0.246 e. The molecule has 0 unspecified atom stereocenters. The predicted molar refractivity (Wildman–Crippen MR) is 269 cm³/mol. The number of amides is 4. The van der Waals surface area contributed by atoms with Crippen LogP contribution >= 0.6 is 22.9 Å². The number of halogens is 2. The molecule has 4 N–H and O–H groups in total. The molecule has 6 aromatic rings. The van der Waals surface area contributed by atoms with Crippen LogP contribution in [0.4, 0.5) is 10.2 Å². The van der Waals surface area contributed by atoms with Crippen molar-refractivity contribution < 1.29 is 38.5 Å². The summed E-state index contributed by atoms with van der Waals surface area (Å²) < 4.78 is 22.0. The number of aliphatic hydroxyl groups is 1. The number of anilines is 1. The molecule has 0 bridgehead atoms. The van der Waals surface area contributed by atoms with E-state index in [4.69, 9.17) is 16.3 Å². The molecule has 0 aliphatic carbocycles. The summed E-state index contributed by atoms with van der Waals surface area (Å²) in [5.41, 5.74) is 4.64. The number of phenols is 1. The topological polar surface area (TPSA) is 190 Å². The van der Waals surface area contributed by atoms with Gasteiger partial charge in [0.2, 0.25) is 23.6 Å². The molecule has 4 amide bonds. The molecule has 368 valence electrons. The largest absolute Gasteiger partial charge is 0.508 e. The molecule has 8 rings (SSSR count). The zero-order chi connectivity index (χ0) is 49.9. The first-order valence-corrected chi connectivity index (χ1v) is 24.8. The summed E-state index contributed by atoms with van der Waals surface area (Å²) in [7, 11) is 0. The number of carbonyl (C=O) groups excluding carboxylic acids is 4. The highest BCUT2D eigenvalue weighted by Gasteiger charge is 2.45. The van der Waals surface area contributed by atoms with Crippen LogP contribution in [0.25, 0.3) is 43.2 Å². The molecule has 2 fully saturated rings. The minimum atomic E-state index is -1.00. The van der Waals surface area contributed by atoms with E-state index in [2.05, 4.69) is 25.6 Å². The molecule has 4 aromatic carbocycles. The number of β-amino-alcohol motifs (C(OH)–C–C–N with tert-alkyl or cyclic N) is 1. The van der Waals surface area contributed by atoms with Gasteiger partial charge in [-0.2, -0.15) is 0 Å². The van der Waals surface area contributed by atoms with Gasteiger partial charge in [-0.1, -0.05) is 80.9 Å². The van der Waals surface area contributed by atoms with Crippen molar-refractivity contribution in [3.63, 3.8) is 0 Å². The van der Waals surface area contributed by atoms with E-state index in [1.807, 2.05) is 93.6 Å². The zero-order valence-electron chi connectivity index (χ0n) is 39.9. The average molecular weight is 994 g/mol. The third kappa shape index (κ3) is 11.0. The van der Waals surface area contributed by atoms with Crippen molar-refractivity contribution in [1.29, 1.82) is 0 Å². The Kier molecular flexibility index (Phi) is 15.3. The van der Waals surface area contributed by atoms with Crippen LogP contribution < -0.4 is 15.5 Å². The molecule has 2 aromatic heterocycles. The van der Waals surface area contributed by atoms with Crippen LogP contribution in [0.2, 0.25) is 5.02 Å². The Hall–Kier alpha value is -6.27. The summed E-state index contributed by atoms with van der Waals surface area (Å²) in [5.74, 6) is -1.49. The quantitative estimate of drug-likeness (QED) is 0.0742. The van der Waals surface area contributed by atoms with Gasteiger partial charge in [0.1, 0.15) is 42.1 Å². The Morgan fingerprint density at radius 3 is 2.41 bits per heavy atom. The maximum atomic E-state index is 16.4. The van der Waals surface area contributed by atoms with Gasteiger partial charge in [0.15, 0.2) is 5.82 Å². The van der Waals surface area contributed by atoms with Gasteiger partial charge >= 0.3 is 0 Å². The van der Waals surface area contributed by atoms with E-state index in [1.165, 1.54) is 17.3 Å². The first-order chi connectivity index (χ1) is 33.5. The molecular weight excluding hydrogens is 935 g/mol. The Morgan fingerprint density at radius 2 is 1.70 bits per heavy atom. The molecule has 4 atom stereocenters. The van der Waals surface area contributed by atoms with E-state index in [0.717, 1.165) is 32.5 Å². The highest BCUT2D eigenvalue weighted by molar-refractivity contribution is 7.13. The van der Waals surface area contributed by atoms with Gasteiger partial charge < -0.3 is 40.3 Å². The van der Waals surface area contributed by atoms with Crippen LogP contribution in [0.5, 0.6) is 5.75 Å². The van der Waals surface area contributed by atoms with E-state index < -0.39 is 47.1 Å². The second-order valence-electron chi connectivity index (χ2n) is 19.1. The first kappa shape index (κ1) is 50.1. The number of hydrogen-bond acceptors (Lipinski definition) is 12. The Balaban J connectivity index is 0.784. The molecule has 0 saturated carbocycles. The van der Waals surface area contributed by atoms with Crippen LogP contribution in [0.3, 0.4) is 0 Å². The predicted octanol–water partition coefficient (Wildman–Crippen LogP) is 7.59. The van der Waals surface area contributed by atoms with Gasteiger partial charge in [0.05, 0.1) is 33.3 Å². The fraction of sp³-hybridized carbons (Fsp3) is 0.404. The molecule has 0 radical (unpaired) electrons. The van der Waals surface area contributed by atoms with E-state index >= 15 is 4.39 Å². The Labute approximate surface area is 415 Å². The van der Waals surface area contributed by atoms with Crippen molar-refractivity contribution in [2.24, 2.45) is 5.41 Å². The number of rotatable bonds is 15. The average Bonchev–Trinajstić information content (AvgIpc) is 3.96. The van der Waals surface area contributed by atoms with Gasteiger partial charge in [-0.25, -0.2) is 19.3 Å². The molecule has 70 heavy (non-hydrogen) atoms. The lowest BCUT2D eigenvalue weighted by atomic mass is 9.85. The lowest BCUT2D eigenvalue weighted by molar-refractivity contribution is -0.144. The van der Waals surface area contributed by atoms with Crippen LogP contribution in [0.1, 0.15) is 70.7 Å². The number of thiazole rings is 1. The second-order valence-corrected chi connectivity index (χ2v) is 20.4. The number of likely N-dealkylation sites (tertiary alicyclic amines) is 1. The molecule has 2 aliphatic rings. The van der Waals surface area contributed by atoms with Gasteiger partial charge in [-0.05, 0) is 77.8 Å². The van der Waals surface area contributed by atoms with Crippen molar-refractivity contribution in [2.75, 3.05) is 50.8 Å². The van der Waals surface area contributed by atoms with E-state index in [-0.39, 0.29) is 66.4 Å². The fourth-order valence-electron chi connectivity index (χ4n) is 9.31. The number of aromatic nitrogens is 3. The number of benzene rings is 4. The summed E-state index contributed by atoms with van der Waals surface area (Å²) in [6, 6.07) is 17.7. The number of piperazine rings is 1. The SMILES string of the molecule is Cc1ncsc1-c1ccc([C@H](C)NC(=O)[C@@H]2C[C@@H](O)CN2C(=O)[C@@H](NC(=O)COCCCCC(=O)N2CCN(c3ncnc4c(F)c(-c5cc(O)cc6ccccc56)c(Cl)cc34)CC2)C(C)(C)C)cc1. The number of nitrogens with zero attached hydrogens (tertiary/aromatic N) is 6. The number of aliphatic hydroxyl groups excluding tert-OH is 1. The Bertz CT molecular complexity index is 2900. The molecule has 15 nitrogen and oxygen atoms in total. The van der Waals surface area contributed by atoms with Gasteiger partial charge in [-0.15, -0.1) is 11.3 Å². The highest BCUT2D eigenvalue weighted by Crippen LogP contribution is 2.42. The number of hydrogen-bond donors (Lipinski definition) is 4. The maximum absolute atomic E-state index is 16.4. The Morgan fingerprint density at radius 1 is 0.957 bits per heavy atom. The van der Waals surface area contributed by atoms with Gasteiger partial charge in [0.25, 0.3) is 0 Å². The monoisotopic (exact) mass is 992 g/mol. The van der Waals surface area contributed by atoms with Crippen molar-refractivity contribution in [2.45, 2.75) is 84.5 Å². The zero-order valence-corrected chi connectivity index (χ0v) is 41.4. The minimum Gasteiger partial charge on any atom is -0.508 e. The third-order valence-electron chi connectivity index (χ3n) is 13.1. The lowest BCUT2D eigenvalue weighted by Gasteiger charge is -2.36. The summed E-state index contributed by atoms with van der Waals surface area (Å²) in [4.78, 5) is 73.5. The number of fused-ring (bicyclic) bond motifs is 2. The first-order valence-electron chi connectivity index (χ1n) is 23.5. The van der Waals surface area contributed by atoms with Crippen LogP contribution in [0, 0.1) is 18.2 Å². The third-order valence-corrected chi connectivity index (χ3v) is 14.3. The maximum Gasteiger partial charge on any atom is 0.246 e. The number of ether oxygens (including phenoxy) is 1. The number of carbonyl (C=O) groups is 4. The molecule has 0 spiro atoms. The second kappa shape index (κ2) is 21.4. The summed E-state index contributed by atoms with van der Waals surface area (Å²) in [6.45, 7) is 10.9. The van der Waals surface area contributed by atoms with Gasteiger partial charge in [0, 0.05) is 63.1 Å². The van der Waals surface area contributed by atoms with Crippen molar-refractivity contribution in [3.8, 4) is 27.3 Å². The molecule has 4 heterocycles. The standard InChI is InChI=1S/C52H58ClFN8O7S/c1-30(32-13-15-33(16-14-32)47-31(2)57-29-70-47)58-50(67)41-24-36(64)26-62(41)51(68)48(52(3,4)5)59-42(65)27-69-21-9-8-12-43(66)60-17-19-61(20-18-60)49-39-25-40(53)44(45(54)46(39)55-28-56-49)38-23-35(63)22-34-10-6-7-11-37(34)38/h6-7,10-11,13-16,22-23,25,28-30,36,41,48,63-64H,8-9,12,17-21,24,26-27H2,1-5H3,(H,58,67)(H,59,65)/t30-,36+,41-,48+/m0/s1. The minimum absolute atomic E-state index is 0.0121. The number of nitrogens with one attached hydrogen (secondary N) is 2. The fourth-order valence-corrected chi connectivity index (χ4v) is 10.4. The van der Waals surface area contributed by atoms with Crippen LogP contribution in [0.15, 0.2) is 78.6 Å². The summed E-state index contributed by atoms with van der Waals surface area (Å²) in [6.07, 6.45) is 1.83. The van der Waals surface area contributed by atoms with Crippen molar-refractivity contribution >= 4 is 74.1 Å². The molecular formula is C52H58ClFN8O7S. The van der Waals surface area contributed by atoms with Crippen molar-refractivity contribution in [1.82, 2.24) is 35.4 Å². The molecule has 2 saturated heterocycles. The van der Waals surface area contributed by atoms with E-state index in [0.29, 0.717) is 55.8 Å².